The summed E-state index contributed by atoms with van der Waals surface area (Å²) in [6, 6.07) is 6.67. The van der Waals surface area contributed by atoms with Crippen LogP contribution in [0.1, 0.15) is 37.7 Å². The number of aliphatic hydroxyl groups excluding tert-OH is 2. The lowest BCUT2D eigenvalue weighted by molar-refractivity contribution is -0.134. The molecule has 2 amide bonds. The van der Waals surface area contributed by atoms with E-state index in [4.69, 9.17) is 9.47 Å². The molecule has 4 rings (SSSR count). The summed E-state index contributed by atoms with van der Waals surface area (Å²) in [5, 5.41) is 23.3. The first-order valence-electron chi connectivity index (χ1n) is 11.7. The lowest BCUT2D eigenvalue weighted by Crippen LogP contribution is -2.56. The highest BCUT2D eigenvalue weighted by molar-refractivity contribution is 5.96. The van der Waals surface area contributed by atoms with Crippen molar-refractivity contribution >= 4 is 11.8 Å². The van der Waals surface area contributed by atoms with Crippen LogP contribution in [0.25, 0.3) is 0 Å². The number of allylic oxidation sites excluding steroid dienone is 1. The van der Waals surface area contributed by atoms with Gasteiger partial charge in [-0.05, 0) is 37.5 Å². The number of para-hydroxylation sites is 1. The molecule has 1 fully saturated rings. The van der Waals surface area contributed by atoms with Gasteiger partial charge in [0.25, 0.3) is 0 Å². The summed E-state index contributed by atoms with van der Waals surface area (Å²) in [5.41, 5.74) is 1.26. The fourth-order valence-electron chi connectivity index (χ4n) is 4.87. The van der Waals surface area contributed by atoms with E-state index in [1.54, 1.807) is 17.1 Å². The molecule has 2 aliphatic heterocycles. The lowest BCUT2D eigenvalue weighted by atomic mass is 9.77. The molecule has 1 aromatic carbocycles. The summed E-state index contributed by atoms with van der Waals surface area (Å²) < 4.78 is 11.9. The topological polar surface area (TPSA) is 108 Å². The van der Waals surface area contributed by atoms with Gasteiger partial charge in [-0.1, -0.05) is 31.2 Å². The number of amides is 2. The van der Waals surface area contributed by atoms with Gasteiger partial charge in [0, 0.05) is 30.8 Å². The Bertz CT molecular complexity index is 923. The fourth-order valence-corrected chi connectivity index (χ4v) is 4.87. The summed E-state index contributed by atoms with van der Waals surface area (Å²) in [5.74, 6) is -0.422. The summed E-state index contributed by atoms with van der Waals surface area (Å²) in [6.07, 6.45) is 5.61. The molecule has 1 aromatic rings. The van der Waals surface area contributed by atoms with Crippen molar-refractivity contribution in [2.24, 2.45) is 0 Å². The van der Waals surface area contributed by atoms with E-state index in [1.807, 2.05) is 31.2 Å². The number of nitrogens with zero attached hydrogens (tertiary/aromatic N) is 1. The second-order valence-electron chi connectivity index (χ2n) is 8.62. The molecule has 0 unspecified atom stereocenters. The van der Waals surface area contributed by atoms with Gasteiger partial charge < -0.3 is 29.9 Å². The number of benzene rings is 1. The first-order valence-corrected chi connectivity index (χ1v) is 11.7. The minimum atomic E-state index is -1.03. The maximum absolute atomic E-state index is 13.2. The molecule has 5 atom stereocenters. The molecule has 0 aromatic heterocycles. The average Bonchev–Trinajstić information content (AvgIpc) is 3.48. The molecule has 33 heavy (non-hydrogen) atoms. The van der Waals surface area contributed by atoms with E-state index >= 15 is 0 Å². The highest BCUT2D eigenvalue weighted by atomic mass is 16.5. The van der Waals surface area contributed by atoms with E-state index in [2.05, 4.69) is 5.32 Å². The molecular formula is C25H32N2O6. The number of nitrogens with one attached hydrogen (secondary N) is 1. The maximum Gasteiger partial charge on any atom is 0.247 e. The Kier molecular flexibility index (Phi) is 7.47. The monoisotopic (exact) mass is 456 g/mol. The lowest BCUT2D eigenvalue weighted by Gasteiger charge is -2.41. The van der Waals surface area contributed by atoms with Crippen LogP contribution in [0.5, 0.6) is 5.75 Å². The van der Waals surface area contributed by atoms with Gasteiger partial charge in [-0.25, -0.2) is 0 Å². The Morgan fingerprint density at radius 3 is 2.85 bits per heavy atom. The van der Waals surface area contributed by atoms with Crippen molar-refractivity contribution in [1.29, 1.82) is 0 Å². The third kappa shape index (κ3) is 4.83. The highest BCUT2D eigenvalue weighted by Crippen LogP contribution is 2.47. The normalized spacial score (nSPS) is 28.1. The minimum absolute atomic E-state index is 0.112. The predicted molar refractivity (Wildman–Crippen MR) is 122 cm³/mol. The van der Waals surface area contributed by atoms with Crippen LogP contribution in [0.3, 0.4) is 0 Å². The zero-order valence-corrected chi connectivity index (χ0v) is 18.9. The molecule has 0 radical (unpaired) electrons. The zero-order valence-electron chi connectivity index (χ0n) is 18.9. The number of hydrogen-bond acceptors (Lipinski definition) is 6. The first-order chi connectivity index (χ1) is 16.0. The molecule has 0 spiro atoms. The molecule has 8 heteroatoms. The Balaban J connectivity index is 1.72. The molecule has 1 saturated heterocycles. The number of rotatable bonds is 8. The van der Waals surface area contributed by atoms with Crippen LogP contribution in [0.15, 0.2) is 48.1 Å². The van der Waals surface area contributed by atoms with Crippen molar-refractivity contribution in [3.63, 3.8) is 0 Å². The minimum Gasteiger partial charge on any atom is -0.486 e. The van der Waals surface area contributed by atoms with E-state index in [9.17, 15) is 19.8 Å². The van der Waals surface area contributed by atoms with Crippen LogP contribution in [0.2, 0.25) is 0 Å². The fraction of sp³-hybridized carbons (Fsp3) is 0.520. The van der Waals surface area contributed by atoms with E-state index in [1.165, 1.54) is 6.08 Å². The number of aliphatic hydroxyl groups is 2. The number of fused-ring (bicyclic) bond motifs is 3. The molecule has 2 heterocycles. The number of carbonyl (C=O) groups is 2. The Labute approximate surface area is 193 Å². The van der Waals surface area contributed by atoms with E-state index in [0.717, 1.165) is 18.4 Å². The Hall–Kier alpha value is -2.68. The van der Waals surface area contributed by atoms with Crippen molar-refractivity contribution in [1.82, 2.24) is 10.2 Å². The van der Waals surface area contributed by atoms with E-state index in [0.29, 0.717) is 30.9 Å². The zero-order chi connectivity index (χ0) is 23.4. The standard InChI is InChI=1S/C25H32N2O6/c1-2-3-10-21(29)27(15-16-7-6-13-32-16)19-14-18(25(31)26-11-12-28)22-17-8-4-5-9-20(17)33-24(22)23(19)30/h3-5,8-10,14,16,19,22-24,28,30H,2,6-7,11-13,15H2,1H3,(H,26,31)/t16-,19-,22+,23+,24+/m1/s1. The third-order valence-corrected chi connectivity index (χ3v) is 6.44. The summed E-state index contributed by atoms with van der Waals surface area (Å²) in [4.78, 5) is 27.9. The molecule has 0 bridgehead atoms. The first kappa shape index (κ1) is 23.5. The quantitative estimate of drug-likeness (QED) is 0.509. The van der Waals surface area contributed by atoms with Crippen LogP contribution in [-0.2, 0) is 14.3 Å². The molecule has 3 N–H and O–H groups in total. The van der Waals surface area contributed by atoms with Gasteiger partial charge in [-0.2, -0.15) is 0 Å². The second-order valence-corrected chi connectivity index (χ2v) is 8.62. The maximum atomic E-state index is 13.2. The molecule has 8 nitrogen and oxygen atoms in total. The van der Waals surface area contributed by atoms with Gasteiger partial charge in [0.05, 0.1) is 24.7 Å². The third-order valence-electron chi connectivity index (χ3n) is 6.44. The van der Waals surface area contributed by atoms with Crippen molar-refractivity contribution < 1.29 is 29.3 Å². The second kappa shape index (κ2) is 10.5. The molecule has 178 valence electrons. The predicted octanol–water partition coefficient (Wildman–Crippen LogP) is 1.28. The highest BCUT2D eigenvalue weighted by Gasteiger charge is 2.50. The van der Waals surface area contributed by atoms with Crippen LogP contribution >= 0.6 is 0 Å². The van der Waals surface area contributed by atoms with Crippen molar-refractivity contribution in [3.8, 4) is 5.75 Å². The van der Waals surface area contributed by atoms with Crippen LogP contribution < -0.4 is 10.1 Å². The van der Waals surface area contributed by atoms with Crippen LogP contribution in [0, 0.1) is 0 Å². The van der Waals surface area contributed by atoms with E-state index < -0.39 is 24.2 Å². The van der Waals surface area contributed by atoms with Crippen molar-refractivity contribution in [3.05, 3.63) is 53.6 Å². The molecule has 3 aliphatic rings. The number of carbonyl (C=O) groups excluding carboxylic acids is 2. The van der Waals surface area contributed by atoms with Gasteiger partial charge in [-0.3, -0.25) is 9.59 Å². The SMILES string of the molecule is CCC=CC(=O)N(C[C@H]1CCCO1)[C@@H]1C=C(C(=O)NCCO)[C@@H]2c3ccccc3O[C@@H]2[C@H]1O. The Morgan fingerprint density at radius 2 is 2.12 bits per heavy atom. The van der Waals surface area contributed by atoms with Crippen LogP contribution in [-0.4, -0.2) is 77.6 Å². The van der Waals surface area contributed by atoms with Crippen molar-refractivity contribution in [2.75, 3.05) is 26.3 Å². The van der Waals surface area contributed by atoms with Gasteiger partial charge >= 0.3 is 0 Å². The number of ether oxygens (including phenoxy) is 2. The van der Waals surface area contributed by atoms with E-state index in [-0.39, 0.29) is 31.1 Å². The largest absolute Gasteiger partial charge is 0.486 e. The van der Waals surface area contributed by atoms with Gasteiger partial charge in [0.1, 0.15) is 18.0 Å². The Morgan fingerprint density at radius 1 is 1.30 bits per heavy atom. The molecule has 1 aliphatic carbocycles. The van der Waals surface area contributed by atoms with Gasteiger partial charge in [0.2, 0.25) is 11.8 Å². The summed E-state index contributed by atoms with van der Waals surface area (Å²) in [6.45, 7) is 2.85. The van der Waals surface area contributed by atoms with Gasteiger partial charge in [-0.15, -0.1) is 0 Å². The molecular weight excluding hydrogens is 424 g/mol. The summed E-state index contributed by atoms with van der Waals surface area (Å²) >= 11 is 0. The molecule has 0 saturated carbocycles. The summed E-state index contributed by atoms with van der Waals surface area (Å²) in [7, 11) is 0. The average molecular weight is 457 g/mol. The van der Waals surface area contributed by atoms with Gasteiger partial charge in [0.15, 0.2) is 0 Å². The smallest absolute Gasteiger partial charge is 0.247 e. The van der Waals surface area contributed by atoms with Crippen LogP contribution in [0.4, 0.5) is 0 Å². The number of hydrogen-bond donors (Lipinski definition) is 3. The van der Waals surface area contributed by atoms with Crippen molar-refractivity contribution in [2.45, 2.75) is 56.5 Å².